The van der Waals surface area contributed by atoms with Crippen molar-refractivity contribution in [1.82, 2.24) is 5.32 Å². The molecule has 5 nitrogen and oxygen atoms in total. The molecule has 0 spiro atoms. The molecule has 0 saturated heterocycles. The molecule has 5 heteroatoms. The van der Waals surface area contributed by atoms with Crippen molar-refractivity contribution in [2.24, 2.45) is 5.92 Å². The van der Waals surface area contributed by atoms with Crippen molar-refractivity contribution in [2.75, 3.05) is 7.11 Å². The Hall–Kier alpha value is -2.82. The highest BCUT2D eigenvalue weighted by Crippen LogP contribution is 2.17. The van der Waals surface area contributed by atoms with Crippen LogP contribution in [0.3, 0.4) is 0 Å². The van der Waals surface area contributed by atoms with Crippen molar-refractivity contribution in [3.63, 3.8) is 0 Å². The largest absolute Gasteiger partial charge is 0.550 e. The average molecular weight is 326 g/mol. The molecule has 0 aliphatic heterocycles. The zero-order chi connectivity index (χ0) is 17.4. The van der Waals surface area contributed by atoms with Crippen LogP contribution in [0.4, 0.5) is 0 Å². The number of carboxylic acids is 1. The van der Waals surface area contributed by atoms with Gasteiger partial charge in [-0.05, 0) is 36.1 Å². The summed E-state index contributed by atoms with van der Waals surface area (Å²) in [5.41, 5.74) is 1.83. The van der Waals surface area contributed by atoms with Gasteiger partial charge in [0.1, 0.15) is 5.75 Å². The summed E-state index contributed by atoms with van der Waals surface area (Å²) in [6, 6.07) is 16.7. The van der Waals surface area contributed by atoms with Gasteiger partial charge in [-0.25, -0.2) is 0 Å². The van der Waals surface area contributed by atoms with E-state index in [4.69, 9.17) is 4.74 Å². The number of amides is 1. The molecule has 0 saturated carbocycles. The van der Waals surface area contributed by atoms with Crippen molar-refractivity contribution >= 4 is 11.9 Å². The van der Waals surface area contributed by atoms with Crippen molar-refractivity contribution in [3.05, 3.63) is 65.7 Å². The van der Waals surface area contributed by atoms with E-state index in [0.29, 0.717) is 18.7 Å². The minimum absolute atomic E-state index is 0.293. The van der Waals surface area contributed by atoms with Crippen molar-refractivity contribution < 1.29 is 19.4 Å². The number of benzene rings is 2. The third kappa shape index (κ3) is 5.43. The van der Waals surface area contributed by atoms with Gasteiger partial charge in [0.05, 0.1) is 7.11 Å². The van der Waals surface area contributed by atoms with Crippen molar-refractivity contribution in [2.45, 2.75) is 19.4 Å². The number of carboxylic acid groups (broad SMARTS) is 1. The quantitative estimate of drug-likeness (QED) is 0.793. The molecule has 24 heavy (non-hydrogen) atoms. The van der Waals surface area contributed by atoms with E-state index in [2.05, 4.69) is 5.32 Å². The van der Waals surface area contributed by atoms with Gasteiger partial charge >= 0.3 is 0 Å². The van der Waals surface area contributed by atoms with Crippen LogP contribution in [0.25, 0.3) is 0 Å². The lowest BCUT2D eigenvalue weighted by Gasteiger charge is -2.18. The summed E-state index contributed by atoms with van der Waals surface area (Å²) in [5, 5.41) is 13.8. The standard InChI is InChI=1S/C19H21NO4/c1-24-17-9-7-14(8-10-17)11-16(12-18(21)22)19(23)20-13-15-5-3-2-4-6-15/h2-10,16H,11-13H2,1H3,(H,20,23)(H,21,22)/p-1/t16-/m1/s1. The van der Waals surface area contributed by atoms with Gasteiger partial charge in [0.2, 0.25) is 5.91 Å². The summed E-state index contributed by atoms with van der Waals surface area (Å²) < 4.78 is 5.09. The molecule has 1 N–H and O–H groups in total. The Morgan fingerprint density at radius 2 is 1.71 bits per heavy atom. The van der Waals surface area contributed by atoms with Gasteiger partial charge in [0.15, 0.2) is 0 Å². The average Bonchev–Trinajstić information content (AvgIpc) is 2.60. The Labute approximate surface area is 141 Å². The molecule has 0 bridgehead atoms. The molecule has 1 atom stereocenters. The number of hydrogen-bond donors (Lipinski definition) is 1. The molecule has 0 aromatic heterocycles. The number of carbonyl (C=O) groups is 2. The van der Waals surface area contributed by atoms with Crippen LogP contribution in [0.15, 0.2) is 54.6 Å². The molecule has 0 fully saturated rings. The van der Waals surface area contributed by atoms with Crippen LogP contribution in [0.2, 0.25) is 0 Å². The molecular formula is C19H20NO4-. The van der Waals surface area contributed by atoms with Crippen LogP contribution in [0, 0.1) is 5.92 Å². The molecule has 1 amide bonds. The molecular weight excluding hydrogens is 306 g/mol. The first-order valence-corrected chi connectivity index (χ1v) is 7.73. The Bertz CT molecular complexity index is 668. The first kappa shape index (κ1) is 17.5. The maximum absolute atomic E-state index is 12.4. The molecule has 0 radical (unpaired) electrons. The van der Waals surface area contributed by atoms with Crippen LogP contribution in [-0.2, 0) is 22.6 Å². The van der Waals surface area contributed by atoms with E-state index in [1.807, 2.05) is 42.5 Å². The van der Waals surface area contributed by atoms with Crippen molar-refractivity contribution in [3.8, 4) is 5.75 Å². The third-order valence-electron chi connectivity index (χ3n) is 3.73. The second-order valence-electron chi connectivity index (χ2n) is 5.53. The van der Waals surface area contributed by atoms with Crippen LogP contribution in [-0.4, -0.2) is 19.0 Å². The first-order valence-electron chi connectivity index (χ1n) is 7.73. The summed E-state index contributed by atoms with van der Waals surface area (Å²) in [6.07, 6.45) is 0.0191. The van der Waals surface area contributed by atoms with E-state index < -0.39 is 11.9 Å². The lowest BCUT2D eigenvalue weighted by molar-refractivity contribution is -0.306. The molecule has 0 heterocycles. The number of rotatable bonds is 8. The number of nitrogens with one attached hydrogen (secondary N) is 1. The molecule has 2 rings (SSSR count). The highest BCUT2D eigenvalue weighted by Gasteiger charge is 2.19. The third-order valence-corrected chi connectivity index (χ3v) is 3.73. The highest BCUT2D eigenvalue weighted by atomic mass is 16.5. The van der Waals surface area contributed by atoms with Gasteiger partial charge in [-0.3, -0.25) is 4.79 Å². The van der Waals surface area contributed by atoms with E-state index in [0.717, 1.165) is 11.1 Å². The van der Waals surface area contributed by atoms with E-state index in [1.54, 1.807) is 19.2 Å². The summed E-state index contributed by atoms with van der Waals surface area (Å²) in [4.78, 5) is 23.3. The summed E-state index contributed by atoms with van der Waals surface area (Å²) in [5.74, 6) is -1.49. The molecule has 0 unspecified atom stereocenters. The number of hydrogen-bond acceptors (Lipinski definition) is 4. The van der Waals surface area contributed by atoms with E-state index >= 15 is 0 Å². The number of aliphatic carboxylic acids is 1. The predicted molar refractivity (Wildman–Crippen MR) is 88.1 cm³/mol. The maximum Gasteiger partial charge on any atom is 0.224 e. The summed E-state index contributed by atoms with van der Waals surface area (Å²) in [7, 11) is 1.57. The van der Waals surface area contributed by atoms with Crippen LogP contribution >= 0.6 is 0 Å². The fourth-order valence-corrected chi connectivity index (χ4v) is 2.43. The van der Waals surface area contributed by atoms with Crippen LogP contribution < -0.4 is 15.2 Å². The Morgan fingerprint density at radius 3 is 2.29 bits per heavy atom. The summed E-state index contributed by atoms with van der Waals surface area (Å²) in [6.45, 7) is 0.367. The topological polar surface area (TPSA) is 78.5 Å². The monoisotopic (exact) mass is 326 g/mol. The molecule has 126 valence electrons. The van der Waals surface area contributed by atoms with E-state index in [-0.39, 0.29) is 12.3 Å². The van der Waals surface area contributed by atoms with Gasteiger partial charge in [-0.2, -0.15) is 0 Å². The van der Waals surface area contributed by atoms with Crippen LogP contribution in [0.5, 0.6) is 5.75 Å². The van der Waals surface area contributed by atoms with Gasteiger partial charge in [-0.1, -0.05) is 42.5 Å². The van der Waals surface area contributed by atoms with Gasteiger partial charge in [0.25, 0.3) is 0 Å². The maximum atomic E-state index is 12.4. The predicted octanol–water partition coefficient (Wildman–Crippen LogP) is 1.31. The number of methoxy groups -OCH3 is 1. The second-order valence-corrected chi connectivity index (χ2v) is 5.53. The normalized spacial score (nSPS) is 11.5. The van der Waals surface area contributed by atoms with Gasteiger partial charge in [0, 0.05) is 18.4 Å². The Kier molecular flexibility index (Phi) is 6.37. The zero-order valence-corrected chi connectivity index (χ0v) is 13.5. The highest BCUT2D eigenvalue weighted by molar-refractivity contribution is 5.83. The molecule has 0 aliphatic carbocycles. The number of ether oxygens (including phenoxy) is 1. The fraction of sp³-hybridized carbons (Fsp3) is 0.263. The lowest BCUT2D eigenvalue weighted by atomic mass is 9.95. The lowest BCUT2D eigenvalue weighted by Crippen LogP contribution is -2.36. The first-order chi connectivity index (χ1) is 11.6. The Morgan fingerprint density at radius 1 is 1.04 bits per heavy atom. The van der Waals surface area contributed by atoms with E-state index in [1.165, 1.54) is 0 Å². The minimum atomic E-state index is -1.23. The second kappa shape index (κ2) is 8.72. The van der Waals surface area contributed by atoms with Gasteiger partial charge in [-0.15, -0.1) is 0 Å². The van der Waals surface area contributed by atoms with Gasteiger partial charge < -0.3 is 20.0 Å². The van der Waals surface area contributed by atoms with Crippen LogP contribution in [0.1, 0.15) is 17.5 Å². The zero-order valence-electron chi connectivity index (χ0n) is 13.5. The molecule has 0 aliphatic rings. The molecule has 2 aromatic carbocycles. The molecule has 2 aromatic rings. The SMILES string of the molecule is COc1ccc(C[C@H](CC(=O)[O-])C(=O)NCc2ccccc2)cc1. The van der Waals surface area contributed by atoms with Crippen molar-refractivity contribution in [1.29, 1.82) is 0 Å². The minimum Gasteiger partial charge on any atom is -0.550 e. The number of carbonyl (C=O) groups excluding carboxylic acids is 2. The summed E-state index contributed by atoms with van der Waals surface area (Å²) >= 11 is 0. The Balaban J connectivity index is 2.00. The fourth-order valence-electron chi connectivity index (χ4n) is 2.43. The smallest absolute Gasteiger partial charge is 0.224 e. The van der Waals surface area contributed by atoms with E-state index in [9.17, 15) is 14.7 Å².